The average molecular weight is 340 g/mol. The number of fused-ring (bicyclic) bond motifs is 3. The van der Waals surface area contributed by atoms with E-state index in [2.05, 4.69) is 27.0 Å². The minimum Gasteiger partial charge on any atom is -0.381 e. The zero-order valence-electron chi connectivity index (χ0n) is 15.1. The van der Waals surface area contributed by atoms with E-state index in [4.69, 9.17) is 9.26 Å². The lowest BCUT2D eigenvalue weighted by Gasteiger charge is -2.23. The molecule has 3 heterocycles. The van der Waals surface area contributed by atoms with E-state index in [9.17, 15) is 0 Å². The van der Waals surface area contributed by atoms with Gasteiger partial charge in [0.15, 0.2) is 5.82 Å². The number of nitrogens with one attached hydrogen (secondary N) is 1. The molecule has 0 aliphatic heterocycles. The molecule has 1 aliphatic carbocycles. The normalized spacial score (nSPS) is 17.2. The third-order valence-electron chi connectivity index (χ3n) is 5.10. The summed E-state index contributed by atoms with van der Waals surface area (Å²) in [6, 6.07) is 0. The van der Waals surface area contributed by atoms with Crippen LogP contribution >= 0.6 is 0 Å². The standard InChI is InChI=1S/C19H24N4O2/c1-4-15-22-19(25-23-15)18-11(3)16-14(9-20-18)21-13-8-6-7-12(17(13)16)10-24-5-2/h9,12,21H,4-8,10H2,1-3H3. The third kappa shape index (κ3) is 2.74. The maximum Gasteiger partial charge on any atom is 0.276 e. The molecule has 132 valence electrons. The first-order valence-electron chi connectivity index (χ1n) is 9.13. The zero-order valence-corrected chi connectivity index (χ0v) is 15.1. The third-order valence-corrected chi connectivity index (χ3v) is 5.10. The predicted octanol–water partition coefficient (Wildman–Crippen LogP) is 3.94. The largest absolute Gasteiger partial charge is 0.381 e. The van der Waals surface area contributed by atoms with Gasteiger partial charge in [-0.05, 0) is 44.2 Å². The minimum atomic E-state index is 0.431. The number of pyridine rings is 1. The molecular weight excluding hydrogens is 316 g/mol. The molecule has 1 aliphatic rings. The van der Waals surface area contributed by atoms with Crippen molar-refractivity contribution >= 4 is 10.9 Å². The van der Waals surface area contributed by atoms with E-state index < -0.39 is 0 Å². The number of H-pyrrole nitrogens is 1. The second-order valence-corrected chi connectivity index (χ2v) is 6.66. The highest BCUT2D eigenvalue weighted by Gasteiger charge is 2.27. The van der Waals surface area contributed by atoms with Gasteiger partial charge in [-0.25, -0.2) is 4.98 Å². The van der Waals surface area contributed by atoms with Crippen LogP contribution in [0.2, 0.25) is 0 Å². The zero-order chi connectivity index (χ0) is 17.4. The number of rotatable bonds is 5. The fourth-order valence-corrected chi connectivity index (χ4v) is 3.89. The Morgan fingerprint density at radius 1 is 1.36 bits per heavy atom. The van der Waals surface area contributed by atoms with Crippen LogP contribution in [0.1, 0.15) is 55.3 Å². The van der Waals surface area contributed by atoms with Gasteiger partial charge < -0.3 is 14.2 Å². The van der Waals surface area contributed by atoms with Gasteiger partial charge in [0, 0.05) is 30.0 Å². The molecule has 0 amide bonds. The molecule has 0 spiro atoms. The van der Waals surface area contributed by atoms with Gasteiger partial charge in [-0.3, -0.25) is 0 Å². The molecule has 0 aromatic carbocycles. The van der Waals surface area contributed by atoms with Gasteiger partial charge in [0.2, 0.25) is 0 Å². The summed E-state index contributed by atoms with van der Waals surface area (Å²) in [5.74, 6) is 1.64. The Labute approximate surface area is 147 Å². The number of ether oxygens (including phenoxy) is 1. The van der Waals surface area contributed by atoms with Crippen LogP contribution in [0.4, 0.5) is 0 Å². The second kappa shape index (κ2) is 6.59. The van der Waals surface area contributed by atoms with Gasteiger partial charge in [-0.15, -0.1) is 0 Å². The van der Waals surface area contributed by atoms with E-state index in [0.29, 0.717) is 17.6 Å². The Kier molecular flexibility index (Phi) is 4.29. The molecule has 1 N–H and O–H groups in total. The molecule has 0 fully saturated rings. The first kappa shape index (κ1) is 16.3. The second-order valence-electron chi connectivity index (χ2n) is 6.66. The van der Waals surface area contributed by atoms with Crippen molar-refractivity contribution in [3.8, 4) is 11.6 Å². The molecule has 0 bridgehead atoms. The van der Waals surface area contributed by atoms with Crippen LogP contribution in [-0.2, 0) is 17.6 Å². The van der Waals surface area contributed by atoms with Gasteiger partial charge in [0.1, 0.15) is 5.69 Å². The van der Waals surface area contributed by atoms with E-state index in [1.165, 1.54) is 23.1 Å². The van der Waals surface area contributed by atoms with Gasteiger partial charge in [0.05, 0.1) is 18.3 Å². The smallest absolute Gasteiger partial charge is 0.276 e. The Balaban J connectivity index is 1.85. The van der Waals surface area contributed by atoms with Gasteiger partial charge in [-0.2, -0.15) is 4.98 Å². The molecule has 1 atom stereocenters. The summed E-state index contributed by atoms with van der Waals surface area (Å²) in [4.78, 5) is 12.6. The van der Waals surface area contributed by atoms with Crippen LogP contribution in [0.15, 0.2) is 10.7 Å². The van der Waals surface area contributed by atoms with Crippen LogP contribution in [-0.4, -0.2) is 33.3 Å². The van der Waals surface area contributed by atoms with Crippen LogP contribution in [0.25, 0.3) is 22.5 Å². The molecular formula is C19H24N4O2. The molecule has 6 nitrogen and oxygen atoms in total. The highest BCUT2D eigenvalue weighted by molar-refractivity contribution is 5.91. The SMILES string of the molecule is CCOCC1CCCc2[nH]c3cnc(-c4nc(CC)no4)c(C)c3c21. The van der Waals surface area contributed by atoms with E-state index in [-0.39, 0.29) is 0 Å². The summed E-state index contributed by atoms with van der Waals surface area (Å²) in [6.45, 7) is 7.68. The number of hydrogen-bond acceptors (Lipinski definition) is 5. The van der Waals surface area contributed by atoms with Gasteiger partial charge in [0.25, 0.3) is 5.89 Å². The number of nitrogens with zero attached hydrogens (tertiary/aromatic N) is 3. The fourth-order valence-electron chi connectivity index (χ4n) is 3.89. The average Bonchev–Trinajstić information content (AvgIpc) is 3.24. The van der Waals surface area contributed by atoms with Crippen molar-refractivity contribution in [2.45, 2.75) is 52.4 Å². The fraction of sp³-hybridized carbons (Fsp3) is 0.526. The minimum absolute atomic E-state index is 0.431. The maximum absolute atomic E-state index is 5.75. The molecule has 6 heteroatoms. The van der Waals surface area contributed by atoms with Crippen molar-refractivity contribution in [2.75, 3.05) is 13.2 Å². The van der Waals surface area contributed by atoms with Crippen LogP contribution in [0.3, 0.4) is 0 Å². The van der Waals surface area contributed by atoms with Gasteiger partial charge >= 0.3 is 0 Å². The molecule has 1 unspecified atom stereocenters. The Hall–Kier alpha value is -2.21. The molecule has 0 radical (unpaired) electrons. The van der Waals surface area contributed by atoms with Crippen molar-refractivity contribution in [2.24, 2.45) is 0 Å². The lowest BCUT2D eigenvalue weighted by molar-refractivity contribution is 0.127. The van der Waals surface area contributed by atoms with Crippen LogP contribution < -0.4 is 0 Å². The lowest BCUT2D eigenvalue weighted by Crippen LogP contribution is -2.14. The Bertz CT molecular complexity index is 896. The van der Waals surface area contributed by atoms with Crippen molar-refractivity contribution in [3.05, 3.63) is 28.8 Å². The van der Waals surface area contributed by atoms with Crippen molar-refractivity contribution in [1.82, 2.24) is 20.1 Å². The topological polar surface area (TPSA) is 76.8 Å². The Morgan fingerprint density at radius 3 is 3.00 bits per heavy atom. The number of aromatic nitrogens is 4. The van der Waals surface area contributed by atoms with E-state index in [0.717, 1.165) is 49.3 Å². The molecule has 3 aromatic heterocycles. The first-order valence-corrected chi connectivity index (χ1v) is 9.13. The highest BCUT2D eigenvalue weighted by Crippen LogP contribution is 2.40. The summed E-state index contributed by atoms with van der Waals surface area (Å²) in [5, 5.41) is 5.26. The van der Waals surface area contributed by atoms with Crippen LogP contribution in [0.5, 0.6) is 0 Å². The van der Waals surface area contributed by atoms with E-state index >= 15 is 0 Å². The summed E-state index contributed by atoms with van der Waals surface area (Å²) in [6.07, 6.45) is 6.09. The van der Waals surface area contributed by atoms with Crippen molar-refractivity contribution < 1.29 is 9.26 Å². The monoisotopic (exact) mass is 340 g/mol. The summed E-state index contributed by atoms with van der Waals surface area (Å²) in [7, 11) is 0. The van der Waals surface area contributed by atoms with Crippen molar-refractivity contribution in [3.63, 3.8) is 0 Å². The van der Waals surface area contributed by atoms with Gasteiger partial charge in [-0.1, -0.05) is 12.1 Å². The van der Waals surface area contributed by atoms with Crippen LogP contribution in [0, 0.1) is 6.92 Å². The Morgan fingerprint density at radius 2 is 2.24 bits per heavy atom. The highest BCUT2D eigenvalue weighted by atomic mass is 16.5. The summed E-state index contributed by atoms with van der Waals surface area (Å²) < 4.78 is 11.2. The lowest BCUT2D eigenvalue weighted by atomic mass is 9.84. The molecule has 25 heavy (non-hydrogen) atoms. The number of aryl methyl sites for hydroxylation is 3. The number of hydrogen-bond donors (Lipinski definition) is 1. The van der Waals surface area contributed by atoms with Crippen molar-refractivity contribution in [1.29, 1.82) is 0 Å². The predicted molar refractivity (Wildman–Crippen MR) is 95.7 cm³/mol. The molecule has 0 saturated carbocycles. The quantitative estimate of drug-likeness (QED) is 0.761. The maximum atomic E-state index is 5.75. The van der Waals surface area contributed by atoms with E-state index in [1.54, 1.807) is 0 Å². The molecule has 4 rings (SSSR count). The first-order chi connectivity index (χ1) is 12.2. The van der Waals surface area contributed by atoms with E-state index in [1.807, 2.05) is 20.0 Å². The molecule has 0 saturated heterocycles. The summed E-state index contributed by atoms with van der Waals surface area (Å²) >= 11 is 0. The molecule has 3 aromatic rings. The number of aromatic amines is 1. The summed E-state index contributed by atoms with van der Waals surface area (Å²) in [5.41, 5.74) is 5.69.